The lowest BCUT2D eigenvalue weighted by atomic mass is 10.3. The summed E-state index contributed by atoms with van der Waals surface area (Å²) in [6.07, 6.45) is 6.20. The van der Waals surface area contributed by atoms with Gasteiger partial charge in [-0.1, -0.05) is 16.8 Å². The van der Waals surface area contributed by atoms with Crippen molar-refractivity contribution in [3.63, 3.8) is 0 Å². The fourth-order valence-electron chi connectivity index (χ4n) is 2.45. The molecule has 0 radical (unpaired) electrons. The van der Waals surface area contributed by atoms with Gasteiger partial charge in [-0.2, -0.15) is 0 Å². The lowest BCUT2D eigenvalue weighted by molar-refractivity contribution is 0.303. The van der Waals surface area contributed by atoms with Gasteiger partial charge < -0.3 is 10.1 Å². The summed E-state index contributed by atoms with van der Waals surface area (Å²) >= 11 is 6.31. The highest BCUT2D eigenvalue weighted by Gasteiger charge is 2.24. The van der Waals surface area contributed by atoms with Crippen LogP contribution in [0.1, 0.15) is 24.2 Å². The predicted octanol–water partition coefficient (Wildman–Crippen LogP) is 3.78. The molecule has 1 fully saturated rings. The highest BCUT2D eigenvalue weighted by atomic mass is 35.5. The molecule has 0 spiro atoms. The minimum Gasteiger partial charge on any atom is -0.489 e. The molecule has 0 bridgehead atoms. The number of nitrogens with one attached hydrogen (secondary N) is 1. The Bertz CT molecular complexity index is 891. The Morgan fingerprint density at radius 1 is 1.28 bits per heavy atom. The van der Waals surface area contributed by atoms with Crippen molar-refractivity contribution < 1.29 is 4.74 Å². The molecule has 0 aliphatic heterocycles. The van der Waals surface area contributed by atoms with Gasteiger partial charge in [-0.3, -0.25) is 4.98 Å². The number of aryl methyl sites for hydroxylation is 1. The second kappa shape index (κ2) is 6.72. The number of hydrogen-bond donors (Lipinski definition) is 1. The van der Waals surface area contributed by atoms with Crippen LogP contribution in [0.15, 0.2) is 42.7 Å². The van der Waals surface area contributed by atoms with E-state index in [1.54, 1.807) is 10.9 Å². The zero-order valence-corrected chi connectivity index (χ0v) is 14.6. The normalized spacial score (nSPS) is 13.7. The maximum absolute atomic E-state index is 6.31. The van der Waals surface area contributed by atoms with Crippen molar-refractivity contribution in [2.75, 3.05) is 5.32 Å². The molecule has 2 heterocycles. The summed E-state index contributed by atoms with van der Waals surface area (Å²) in [5.41, 5.74) is 3.67. The average Bonchev–Trinajstić information content (AvgIpc) is 3.29. The maximum Gasteiger partial charge on any atom is 0.138 e. The van der Waals surface area contributed by atoms with Crippen molar-refractivity contribution in [2.45, 2.75) is 32.4 Å². The smallest absolute Gasteiger partial charge is 0.138 e. The molecular formula is C18H18ClN5O. The van der Waals surface area contributed by atoms with Crippen LogP contribution in [0.2, 0.25) is 5.02 Å². The molecule has 3 aromatic rings. The van der Waals surface area contributed by atoms with Crippen LogP contribution in [0, 0.1) is 6.92 Å². The van der Waals surface area contributed by atoms with Gasteiger partial charge in [-0.05, 0) is 50.1 Å². The maximum atomic E-state index is 6.31. The second-order valence-electron chi connectivity index (χ2n) is 6.13. The van der Waals surface area contributed by atoms with Crippen LogP contribution in [0.4, 0.5) is 5.69 Å². The Morgan fingerprint density at radius 2 is 2.16 bits per heavy atom. The molecule has 128 valence electrons. The van der Waals surface area contributed by atoms with Crippen molar-refractivity contribution in [2.24, 2.45) is 0 Å². The number of halogens is 1. The molecule has 0 saturated heterocycles. The van der Waals surface area contributed by atoms with Crippen LogP contribution in [0.3, 0.4) is 0 Å². The van der Waals surface area contributed by atoms with Gasteiger partial charge in [0.05, 0.1) is 29.6 Å². The van der Waals surface area contributed by atoms with Crippen molar-refractivity contribution in [3.8, 4) is 11.4 Å². The van der Waals surface area contributed by atoms with E-state index in [1.165, 1.54) is 0 Å². The molecule has 1 aromatic carbocycles. The average molecular weight is 356 g/mol. The van der Waals surface area contributed by atoms with E-state index in [0.717, 1.165) is 41.4 Å². The molecule has 2 aromatic heterocycles. The number of anilines is 1. The summed E-state index contributed by atoms with van der Waals surface area (Å²) in [4.78, 5) is 4.18. The van der Waals surface area contributed by atoms with Crippen molar-refractivity contribution >= 4 is 17.3 Å². The van der Waals surface area contributed by atoms with Gasteiger partial charge in [-0.25, -0.2) is 4.68 Å². The van der Waals surface area contributed by atoms with E-state index in [9.17, 15) is 0 Å². The van der Waals surface area contributed by atoms with Gasteiger partial charge in [0.2, 0.25) is 0 Å². The number of ether oxygens (including phenoxy) is 1. The van der Waals surface area contributed by atoms with Crippen LogP contribution in [-0.4, -0.2) is 26.1 Å². The minimum absolute atomic E-state index is 0.323. The van der Waals surface area contributed by atoms with E-state index in [-0.39, 0.29) is 0 Å². The number of pyridine rings is 1. The van der Waals surface area contributed by atoms with Crippen molar-refractivity contribution in [3.05, 3.63) is 59.1 Å². The topological polar surface area (TPSA) is 64.9 Å². The van der Waals surface area contributed by atoms with E-state index < -0.39 is 0 Å². The fraction of sp³-hybridized carbons (Fsp3) is 0.278. The first-order valence-corrected chi connectivity index (χ1v) is 8.59. The standard InChI is InChI=1S/C18H18ClN5O/c1-12-8-13(6-7-20-12)21-10-14-11-24(23-22-14)15-2-5-18(17(19)9-15)25-16-3-4-16/h2,5-9,11,16H,3-4,10H2,1H3,(H,20,21). The van der Waals surface area contributed by atoms with Gasteiger partial charge >= 0.3 is 0 Å². The first-order chi connectivity index (χ1) is 12.2. The summed E-state index contributed by atoms with van der Waals surface area (Å²) in [5.74, 6) is 0.725. The summed E-state index contributed by atoms with van der Waals surface area (Å²) in [7, 11) is 0. The summed E-state index contributed by atoms with van der Waals surface area (Å²) in [5, 5.41) is 12.3. The first-order valence-electron chi connectivity index (χ1n) is 8.22. The van der Waals surface area contributed by atoms with Crippen LogP contribution < -0.4 is 10.1 Å². The molecule has 1 saturated carbocycles. The zero-order valence-electron chi connectivity index (χ0n) is 13.8. The quantitative estimate of drug-likeness (QED) is 0.729. The van der Waals surface area contributed by atoms with E-state index in [4.69, 9.17) is 16.3 Å². The van der Waals surface area contributed by atoms with Gasteiger partial charge in [0.1, 0.15) is 11.4 Å². The van der Waals surface area contributed by atoms with Crippen LogP contribution in [0.25, 0.3) is 5.69 Å². The molecule has 25 heavy (non-hydrogen) atoms. The van der Waals surface area contributed by atoms with Gasteiger partial charge in [-0.15, -0.1) is 5.10 Å². The third-order valence-electron chi connectivity index (χ3n) is 3.91. The predicted molar refractivity (Wildman–Crippen MR) is 96.3 cm³/mol. The lowest BCUT2D eigenvalue weighted by Crippen LogP contribution is -2.00. The third-order valence-corrected chi connectivity index (χ3v) is 4.20. The Morgan fingerprint density at radius 3 is 2.92 bits per heavy atom. The highest BCUT2D eigenvalue weighted by molar-refractivity contribution is 6.32. The number of rotatable bonds is 6. The molecule has 1 aliphatic rings. The Kier molecular flexibility index (Phi) is 4.28. The Balaban J connectivity index is 1.44. The third kappa shape index (κ3) is 3.91. The largest absolute Gasteiger partial charge is 0.489 e. The highest BCUT2D eigenvalue weighted by Crippen LogP contribution is 2.33. The molecule has 1 aliphatic carbocycles. The SMILES string of the molecule is Cc1cc(NCc2cn(-c3ccc(OC4CC4)c(Cl)c3)nn2)ccn1. The van der Waals surface area contributed by atoms with Crippen LogP contribution in [0.5, 0.6) is 5.75 Å². The van der Waals surface area contributed by atoms with E-state index in [1.807, 2.05) is 43.5 Å². The van der Waals surface area contributed by atoms with Gasteiger partial charge in [0, 0.05) is 17.6 Å². The summed E-state index contributed by atoms with van der Waals surface area (Å²) in [6.45, 7) is 2.54. The lowest BCUT2D eigenvalue weighted by Gasteiger charge is -2.08. The Hall–Kier alpha value is -2.60. The zero-order chi connectivity index (χ0) is 17.2. The molecule has 4 rings (SSSR count). The summed E-state index contributed by atoms with van der Waals surface area (Å²) < 4.78 is 7.47. The molecule has 6 nitrogen and oxygen atoms in total. The first kappa shape index (κ1) is 15.9. The van der Waals surface area contributed by atoms with Gasteiger partial charge in [0.15, 0.2) is 0 Å². The molecule has 1 N–H and O–H groups in total. The minimum atomic E-state index is 0.323. The fourth-order valence-corrected chi connectivity index (χ4v) is 2.67. The number of nitrogens with zero attached hydrogens (tertiary/aromatic N) is 4. The van der Waals surface area contributed by atoms with Gasteiger partial charge in [0.25, 0.3) is 0 Å². The van der Waals surface area contributed by atoms with E-state index in [0.29, 0.717) is 17.7 Å². The molecule has 0 amide bonds. The number of benzene rings is 1. The van der Waals surface area contributed by atoms with Crippen LogP contribution in [-0.2, 0) is 6.54 Å². The van der Waals surface area contributed by atoms with Crippen molar-refractivity contribution in [1.29, 1.82) is 0 Å². The van der Waals surface area contributed by atoms with E-state index in [2.05, 4.69) is 20.6 Å². The van der Waals surface area contributed by atoms with Crippen molar-refractivity contribution in [1.82, 2.24) is 20.0 Å². The molecule has 0 atom stereocenters. The molecule has 7 heteroatoms. The second-order valence-corrected chi connectivity index (χ2v) is 6.53. The Labute approximate surface area is 150 Å². The molecule has 0 unspecified atom stereocenters. The molecular weight excluding hydrogens is 338 g/mol. The van der Waals surface area contributed by atoms with Crippen LogP contribution >= 0.6 is 11.6 Å². The number of aromatic nitrogens is 4. The van der Waals surface area contributed by atoms with E-state index >= 15 is 0 Å². The monoisotopic (exact) mass is 355 g/mol. The number of hydrogen-bond acceptors (Lipinski definition) is 5. The summed E-state index contributed by atoms with van der Waals surface area (Å²) in [6, 6.07) is 9.58.